The molecule has 0 saturated heterocycles. The van der Waals surface area contributed by atoms with E-state index in [0.717, 1.165) is 70.4 Å². The second kappa shape index (κ2) is 32.5. The van der Waals surface area contributed by atoms with E-state index < -0.39 is 71.7 Å². The fraction of sp³-hybridized carbons (Fsp3) is 0.441. The molecule has 24 heteroatoms. The van der Waals surface area contributed by atoms with Gasteiger partial charge < -0.3 is 81.3 Å². The minimum Gasteiger partial charge on any atom is -0.370 e. The van der Waals surface area contributed by atoms with Crippen molar-refractivity contribution in [2.24, 2.45) is 44.4 Å². The minimum atomic E-state index is -1.36. The number of hydrogen-bond donors (Lipinski definition) is 15. The highest BCUT2D eigenvalue weighted by Crippen LogP contribution is 2.23. The highest BCUT2D eigenvalue weighted by molar-refractivity contribution is 5.98. The standard InChI is InChI=1S/C59H83N17O7/c1-2-3-4-5-6-26-51(77)66-27-14-13-23-46(52(61)78)72-56(82)49(31-37-34-70-44-21-11-8-18-40(37)44)75-55(81)48(25-16-29-68-59(64)65)74-57(83)50(32-38-35-71-45-22-12-9-19-41(38)45)76-54(80)47(24-15-28-67-58(62)63)73-53(79)42(60)30-36-33-69-43-20-10-7-17-39(36)43/h7-12,17-22,33-35,42,46-50,69-71H,2-6,13-16,23-32,60H2,1H3,(H2,61,78)(H,66,77)(H,72,82)(H,73,79)(H,74,83)(H,75,81)(H,76,80)(H4,62,63,67)(H4,64,65,68)/t42-,46-,47+,48-,49-,50+/m0/s1. The smallest absolute Gasteiger partial charge is 0.243 e. The van der Waals surface area contributed by atoms with Crippen LogP contribution in [0.4, 0.5) is 0 Å². The Labute approximate surface area is 482 Å². The number of benzene rings is 3. The number of carbonyl (C=O) groups excluding carboxylic acids is 7. The van der Waals surface area contributed by atoms with Crippen molar-refractivity contribution >= 4 is 86.0 Å². The van der Waals surface area contributed by atoms with Gasteiger partial charge in [-0.25, -0.2) is 0 Å². The summed E-state index contributed by atoms with van der Waals surface area (Å²) in [6.07, 6.45) is 12.4. The summed E-state index contributed by atoms with van der Waals surface area (Å²) >= 11 is 0. The van der Waals surface area contributed by atoms with Crippen LogP contribution in [0.1, 0.15) is 107 Å². The van der Waals surface area contributed by atoms with Gasteiger partial charge in [0.25, 0.3) is 0 Å². The predicted octanol–water partition coefficient (Wildman–Crippen LogP) is 2.15. The van der Waals surface area contributed by atoms with Crippen LogP contribution in [0.2, 0.25) is 0 Å². The Kier molecular flexibility index (Phi) is 24.8. The topological polar surface area (TPSA) is 420 Å². The number of primary amides is 1. The highest BCUT2D eigenvalue weighted by Gasteiger charge is 2.34. The van der Waals surface area contributed by atoms with Crippen LogP contribution in [0.5, 0.6) is 0 Å². The maximum Gasteiger partial charge on any atom is 0.243 e. The highest BCUT2D eigenvalue weighted by atomic mass is 16.2. The molecule has 3 aromatic carbocycles. The second-order valence-corrected chi connectivity index (χ2v) is 20.9. The predicted molar refractivity (Wildman–Crippen MR) is 323 cm³/mol. The number of H-pyrrole nitrogens is 3. The summed E-state index contributed by atoms with van der Waals surface area (Å²) in [6.45, 7) is 2.72. The lowest BCUT2D eigenvalue weighted by Crippen LogP contribution is -2.60. The van der Waals surface area contributed by atoms with Crippen molar-refractivity contribution in [3.8, 4) is 0 Å². The SMILES string of the molecule is CCCCCCCC(=O)NCCCC[C@H](NC(=O)[C@H](Cc1c[nH]c2ccccc12)NC(=O)[C@H](CCCN=C(N)N)NC(=O)[C@@H](Cc1c[nH]c2ccccc12)NC(=O)[C@@H](CCCN=C(N)N)NC(=O)[C@@H](N)Cc1c[nH]c2ccccc12)C(N)=O. The number of nitrogens with two attached hydrogens (primary N) is 6. The molecule has 3 aromatic heterocycles. The summed E-state index contributed by atoms with van der Waals surface area (Å²) < 4.78 is 0. The van der Waals surface area contributed by atoms with Gasteiger partial charge >= 0.3 is 0 Å². The van der Waals surface area contributed by atoms with Gasteiger partial charge in [-0.3, -0.25) is 43.5 Å². The van der Waals surface area contributed by atoms with Crippen LogP contribution in [0.3, 0.4) is 0 Å². The minimum absolute atomic E-state index is 0.0410. The Morgan fingerprint density at radius 3 is 1.31 bits per heavy atom. The first-order valence-electron chi connectivity index (χ1n) is 28.6. The number of nitrogens with one attached hydrogen (secondary N) is 9. The third-order valence-electron chi connectivity index (χ3n) is 14.5. The van der Waals surface area contributed by atoms with Gasteiger partial charge in [-0.05, 0) is 92.7 Å². The third-order valence-corrected chi connectivity index (χ3v) is 14.5. The van der Waals surface area contributed by atoms with Gasteiger partial charge in [0.05, 0.1) is 6.04 Å². The molecule has 0 aliphatic heterocycles. The average molecular weight is 1140 g/mol. The molecule has 0 radical (unpaired) electrons. The molecule has 21 N–H and O–H groups in total. The summed E-state index contributed by atoms with van der Waals surface area (Å²) in [5.41, 5.74) is 39.4. The first-order chi connectivity index (χ1) is 40.0. The number of rotatable bonds is 36. The Bertz CT molecular complexity index is 3170. The molecule has 7 amide bonds. The van der Waals surface area contributed by atoms with Crippen LogP contribution in [0, 0.1) is 0 Å². The quantitative estimate of drug-likeness (QED) is 0.0153. The van der Waals surface area contributed by atoms with Crippen molar-refractivity contribution in [1.29, 1.82) is 0 Å². The molecule has 3 heterocycles. The fourth-order valence-electron chi connectivity index (χ4n) is 9.97. The lowest BCUT2D eigenvalue weighted by atomic mass is 10.0. The van der Waals surface area contributed by atoms with Gasteiger partial charge in [0.1, 0.15) is 30.2 Å². The summed E-state index contributed by atoms with van der Waals surface area (Å²) in [5, 5.41) is 19.5. The molecule has 0 saturated carbocycles. The zero-order valence-corrected chi connectivity index (χ0v) is 47.3. The molecule has 0 fully saturated rings. The lowest BCUT2D eigenvalue weighted by molar-refractivity contribution is -0.135. The molecular formula is C59H83N17O7. The maximum atomic E-state index is 15.0. The van der Waals surface area contributed by atoms with E-state index in [9.17, 15) is 33.6 Å². The molecule has 446 valence electrons. The molecular weight excluding hydrogens is 1060 g/mol. The number of amides is 7. The van der Waals surface area contributed by atoms with E-state index in [-0.39, 0.29) is 82.3 Å². The van der Waals surface area contributed by atoms with Crippen molar-refractivity contribution in [2.75, 3.05) is 19.6 Å². The Hall–Kier alpha value is -8.93. The van der Waals surface area contributed by atoms with Gasteiger partial charge in [0, 0.05) is 90.2 Å². The van der Waals surface area contributed by atoms with E-state index in [1.165, 1.54) is 0 Å². The third kappa shape index (κ3) is 19.9. The molecule has 83 heavy (non-hydrogen) atoms. The number of aromatic amines is 3. The van der Waals surface area contributed by atoms with E-state index >= 15 is 0 Å². The number of hydrogen-bond acceptors (Lipinski definition) is 10. The fourth-order valence-corrected chi connectivity index (χ4v) is 9.97. The van der Waals surface area contributed by atoms with Crippen LogP contribution in [-0.2, 0) is 52.8 Å². The summed E-state index contributed by atoms with van der Waals surface area (Å²) in [4.78, 5) is 116. The molecule has 6 atom stereocenters. The van der Waals surface area contributed by atoms with Gasteiger partial charge in [0.2, 0.25) is 41.4 Å². The van der Waals surface area contributed by atoms with E-state index in [0.29, 0.717) is 36.9 Å². The summed E-state index contributed by atoms with van der Waals surface area (Å²) in [5.74, 6) is -4.79. The van der Waals surface area contributed by atoms with Crippen LogP contribution in [0.25, 0.3) is 32.7 Å². The van der Waals surface area contributed by atoms with E-state index in [1.807, 2.05) is 72.8 Å². The number of aromatic nitrogens is 3. The molecule has 0 aliphatic carbocycles. The average Bonchev–Trinajstić information content (AvgIpc) is 4.39. The monoisotopic (exact) mass is 1140 g/mol. The van der Waals surface area contributed by atoms with Crippen LogP contribution in [-0.4, -0.2) is 124 Å². The Morgan fingerprint density at radius 2 is 0.855 bits per heavy atom. The molecule has 0 unspecified atom stereocenters. The van der Waals surface area contributed by atoms with Crippen molar-refractivity contribution < 1.29 is 33.6 Å². The molecule has 6 aromatic rings. The molecule has 0 aliphatic rings. The Morgan fingerprint density at radius 1 is 0.458 bits per heavy atom. The van der Waals surface area contributed by atoms with E-state index in [1.54, 1.807) is 18.6 Å². The number of carbonyl (C=O) groups is 7. The second-order valence-electron chi connectivity index (χ2n) is 20.9. The lowest BCUT2D eigenvalue weighted by Gasteiger charge is -2.27. The molecule has 24 nitrogen and oxygen atoms in total. The van der Waals surface area contributed by atoms with Gasteiger partial charge in [-0.15, -0.1) is 0 Å². The zero-order valence-electron chi connectivity index (χ0n) is 47.3. The van der Waals surface area contributed by atoms with Crippen molar-refractivity contribution in [3.05, 3.63) is 108 Å². The first-order valence-corrected chi connectivity index (χ1v) is 28.6. The van der Waals surface area contributed by atoms with Crippen molar-refractivity contribution in [2.45, 2.75) is 146 Å². The number of para-hydroxylation sites is 3. The first kappa shape index (κ1) is 63.3. The zero-order chi connectivity index (χ0) is 59.7. The van der Waals surface area contributed by atoms with E-state index in [2.05, 4.69) is 63.8 Å². The molecule has 0 spiro atoms. The maximum absolute atomic E-state index is 15.0. The number of aliphatic imine (C=N–C) groups is 2. The van der Waals surface area contributed by atoms with Gasteiger partial charge in [-0.1, -0.05) is 87.2 Å². The van der Waals surface area contributed by atoms with Crippen LogP contribution < -0.4 is 66.3 Å². The summed E-state index contributed by atoms with van der Waals surface area (Å²) in [7, 11) is 0. The van der Waals surface area contributed by atoms with Crippen molar-refractivity contribution in [3.63, 3.8) is 0 Å². The number of unbranched alkanes of at least 4 members (excludes halogenated alkanes) is 5. The molecule has 6 rings (SSSR count). The number of nitrogens with zero attached hydrogens (tertiary/aromatic N) is 2. The normalized spacial score (nSPS) is 13.4. The summed E-state index contributed by atoms with van der Waals surface area (Å²) in [6, 6.07) is 14.9. The number of fused-ring (bicyclic) bond motifs is 3. The van der Waals surface area contributed by atoms with Crippen LogP contribution >= 0.6 is 0 Å². The molecule has 0 bridgehead atoms. The van der Waals surface area contributed by atoms with Crippen LogP contribution in [0.15, 0.2) is 101 Å². The van der Waals surface area contributed by atoms with Gasteiger partial charge in [0.15, 0.2) is 11.9 Å². The van der Waals surface area contributed by atoms with Crippen molar-refractivity contribution in [1.82, 2.24) is 46.9 Å². The van der Waals surface area contributed by atoms with Gasteiger partial charge in [-0.2, -0.15) is 0 Å². The largest absolute Gasteiger partial charge is 0.370 e. The van der Waals surface area contributed by atoms with E-state index in [4.69, 9.17) is 34.4 Å². The number of guanidine groups is 2. The Balaban J connectivity index is 1.23.